The Kier molecular flexibility index (Phi) is 6.45. The third-order valence-electron chi connectivity index (χ3n) is 4.11. The van der Waals surface area contributed by atoms with Crippen molar-refractivity contribution in [2.45, 2.75) is 17.3 Å². The molecule has 4 aromatic rings. The molecule has 0 unspecified atom stereocenters. The molecule has 0 aliphatic rings. The first kappa shape index (κ1) is 20.2. The van der Waals surface area contributed by atoms with E-state index >= 15 is 0 Å². The number of amides is 1. The van der Waals surface area contributed by atoms with Crippen LogP contribution in [0.5, 0.6) is 5.75 Å². The lowest BCUT2D eigenvalue weighted by Gasteiger charge is -2.04. The molecular weight excluding hydrogens is 424 g/mol. The van der Waals surface area contributed by atoms with Crippen LogP contribution in [0.2, 0.25) is 0 Å². The van der Waals surface area contributed by atoms with Crippen molar-refractivity contribution in [2.24, 2.45) is 0 Å². The Balaban J connectivity index is 1.23. The molecule has 4 rings (SSSR count). The second-order valence-corrected chi connectivity index (χ2v) is 8.49. The number of rotatable bonds is 9. The smallest absolute Gasteiger partial charge is 0.419 e. The number of carbonyl (C=O) groups is 1. The van der Waals surface area contributed by atoms with Crippen LogP contribution in [-0.4, -0.2) is 33.0 Å². The minimum Gasteiger partial charge on any atom is -0.493 e. The van der Waals surface area contributed by atoms with Gasteiger partial charge in [-0.05, 0) is 24.3 Å². The van der Waals surface area contributed by atoms with Gasteiger partial charge in [0.05, 0.1) is 12.1 Å². The second kappa shape index (κ2) is 9.59. The highest BCUT2D eigenvalue weighted by Crippen LogP contribution is 2.25. The molecule has 0 fully saturated rings. The Bertz CT molecular complexity index is 1190. The average Bonchev–Trinajstić information content (AvgIpc) is 3.33. The molecule has 0 atom stereocenters. The molecule has 10 heteroatoms. The lowest BCUT2D eigenvalue weighted by atomic mass is 10.3. The van der Waals surface area contributed by atoms with Crippen molar-refractivity contribution in [3.8, 4) is 5.75 Å². The molecule has 0 saturated carbocycles. The normalized spacial score (nSPS) is 10.9. The molecule has 0 radical (unpaired) electrons. The van der Waals surface area contributed by atoms with Gasteiger partial charge in [-0.15, -0.1) is 10.2 Å². The van der Waals surface area contributed by atoms with E-state index in [1.54, 1.807) is 18.2 Å². The van der Waals surface area contributed by atoms with Crippen LogP contribution in [0.15, 0.2) is 68.1 Å². The zero-order chi connectivity index (χ0) is 20.8. The average molecular weight is 443 g/mol. The highest BCUT2D eigenvalue weighted by molar-refractivity contribution is 8.01. The molecule has 30 heavy (non-hydrogen) atoms. The number of ether oxygens (including phenoxy) is 1. The largest absolute Gasteiger partial charge is 0.493 e. The molecule has 0 spiro atoms. The molecule has 0 bridgehead atoms. The zero-order valence-electron chi connectivity index (χ0n) is 15.8. The van der Waals surface area contributed by atoms with E-state index < -0.39 is 5.76 Å². The van der Waals surface area contributed by atoms with Gasteiger partial charge in [0.15, 0.2) is 9.92 Å². The highest BCUT2D eigenvalue weighted by Gasteiger charge is 2.12. The van der Waals surface area contributed by atoms with Crippen molar-refractivity contribution in [3.63, 3.8) is 0 Å². The van der Waals surface area contributed by atoms with E-state index in [-0.39, 0.29) is 18.9 Å². The van der Waals surface area contributed by atoms with E-state index in [9.17, 15) is 9.59 Å². The number of hydrogen-bond donors (Lipinski definition) is 1. The predicted molar refractivity (Wildman–Crippen MR) is 116 cm³/mol. The number of anilines is 1. The van der Waals surface area contributed by atoms with Gasteiger partial charge in [0, 0.05) is 18.7 Å². The van der Waals surface area contributed by atoms with Gasteiger partial charge in [-0.1, -0.05) is 53.4 Å². The number of fused-ring (bicyclic) bond motifs is 1. The fourth-order valence-corrected chi connectivity index (χ4v) is 4.40. The Morgan fingerprint density at radius 2 is 1.93 bits per heavy atom. The number of hydrogen-bond acceptors (Lipinski definition) is 8. The molecule has 2 aromatic heterocycles. The SMILES string of the molecule is O=C(CCn1c(=O)oc2ccccc21)Nc1nnc(SCCOc2ccccc2)s1. The Hall–Kier alpha value is -3.11. The minimum absolute atomic E-state index is 0.121. The Morgan fingerprint density at radius 1 is 1.13 bits per heavy atom. The van der Waals surface area contributed by atoms with Crippen LogP contribution in [-0.2, 0) is 11.3 Å². The molecule has 2 heterocycles. The number of benzene rings is 2. The van der Waals surface area contributed by atoms with Crippen molar-refractivity contribution in [1.82, 2.24) is 14.8 Å². The summed E-state index contributed by atoms with van der Waals surface area (Å²) in [5.41, 5.74) is 1.17. The van der Waals surface area contributed by atoms with E-state index in [0.717, 1.165) is 10.1 Å². The summed E-state index contributed by atoms with van der Waals surface area (Å²) in [5.74, 6) is 0.824. The summed E-state index contributed by atoms with van der Waals surface area (Å²) < 4.78 is 13.0. The summed E-state index contributed by atoms with van der Waals surface area (Å²) in [6, 6.07) is 16.7. The quantitative estimate of drug-likeness (QED) is 0.240. The van der Waals surface area contributed by atoms with Gasteiger partial charge in [0.2, 0.25) is 11.0 Å². The van der Waals surface area contributed by atoms with Gasteiger partial charge in [0.25, 0.3) is 0 Å². The van der Waals surface area contributed by atoms with E-state index in [1.165, 1.54) is 27.7 Å². The summed E-state index contributed by atoms with van der Waals surface area (Å²) in [7, 11) is 0. The van der Waals surface area contributed by atoms with Gasteiger partial charge in [-0.3, -0.25) is 9.36 Å². The summed E-state index contributed by atoms with van der Waals surface area (Å²) >= 11 is 2.82. The molecular formula is C20H18N4O4S2. The number of nitrogens with one attached hydrogen (secondary N) is 1. The highest BCUT2D eigenvalue weighted by atomic mass is 32.2. The van der Waals surface area contributed by atoms with Crippen molar-refractivity contribution in [3.05, 3.63) is 65.1 Å². The van der Waals surface area contributed by atoms with Gasteiger partial charge < -0.3 is 14.5 Å². The second-order valence-electron chi connectivity index (χ2n) is 6.17. The number of thioether (sulfide) groups is 1. The van der Waals surface area contributed by atoms with Gasteiger partial charge in [-0.25, -0.2) is 4.79 Å². The van der Waals surface area contributed by atoms with E-state index in [1.807, 2.05) is 36.4 Å². The number of para-hydroxylation sites is 3. The van der Waals surface area contributed by atoms with Crippen molar-refractivity contribution in [1.29, 1.82) is 0 Å². The molecule has 0 aliphatic carbocycles. The number of aryl methyl sites for hydroxylation is 1. The van der Waals surface area contributed by atoms with Crippen LogP contribution in [0.3, 0.4) is 0 Å². The summed E-state index contributed by atoms with van der Waals surface area (Å²) in [6.45, 7) is 0.766. The molecule has 0 saturated heterocycles. The zero-order valence-corrected chi connectivity index (χ0v) is 17.4. The topological polar surface area (TPSA) is 99.2 Å². The number of carbonyl (C=O) groups excluding carboxylic acids is 1. The molecule has 8 nitrogen and oxygen atoms in total. The maximum absolute atomic E-state index is 12.2. The molecule has 0 aliphatic heterocycles. The number of oxazole rings is 1. The molecule has 1 amide bonds. The Labute approximate surface area is 179 Å². The first-order valence-corrected chi connectivity index (χ1v) is 11.0. The maximum Gasteiger partial charge on any atom is 0.419 e. The summed E-state index contributed by atoms with van der Waals surface area (Å²) in [4.78, 5) is 24.2. The van der Waals surface area contributed by atoms with Gasteiger partial charge in [0.1, 0.15) is 5.75 Å². The van der Waals surface area contributed by atoms with Crippen LogP contribution in [0.4, 0.5) is 5.13 Å². The van der Waals surface area contributed by atoms with Crippen molar-refractivity contribution in [2.75, 3.05) is 17.7 Å². The van der Waals surface area contributed by atoms with Gasteiger partial charge >= 0.3 is 5.76 Å². The first-order chi connectivity index (χ1) is 14.7. The van der Waals surface area contributed by atoms with Crippen LogP contribution >= 0.6 is 23.1 Å². The lowest BCUT2D eigenvalue weighted by molar-refractivity contribution is -0.116. The van der Waals surface area contributed by atoms with Crippen LogP contribution < -0.4 is 15.8 Å². The summed E-state index contributed by atoms with van der Waals surface area (Å²) in [5, 5.41) is 11.2. The molecule has 154 valence electrons. The minimum atomic E-state index is -0.476. The fraction of sp³-hybridized carbons (Fsp3) is 0.200. The van der Waals surface area contributed by atoms with E-state index in [4.69, 9.17) is 9.15 Å². The fourth-order valence-electron chi connectivity index (χ4n) is 2.74. The van der Waals surface area contributed by atoms with Crippen LogP contribution in [0.25, 0.3) is 11.1 Å². The maximum atomic E-state index is 12.2. The van der Waals surface area contributed by atoms with Gasteiger partial charge in [-0.2, -0.15) is 0 Å². The third-order valence-corrected chi connectivity index (χ3v) is 6.05. The monoisotopic (exact) mass is 442 g/mol. The van der Waals surface area contributed by atoms with E-state index in [2.05, 4.69) is 15.5 Å². The standard InChI is InChI=1S/C20H18N4O4S2/c25-17(10-11-24-15-8-4-5-9-16(15)28-20(24)26)21-18-22-23-19(30-18)29-13-12-27-14-6-2-1-3-7-14/h1-9H,10-13H2,(H,21,22,25). The van der Waals surface area contributed by atoms with Crippen molar-refractivity contribution >= 4 is 45.2 Å². The predicted octanol–water partition coefficient (Wildman–Crippen LogP) is 3.65. The van der Waals surface area contributed by atoms with Crippen molar-refractivity contribution < 1.29 is 13.9 Å². The number of aromatic nitrogens is 3. The molecule has 1 N–H and O–H groups in total. The van der Waals surface area contributed by atoms with Crippen LogP contribution in [0, 0.1) is 0 Å². The first-order valence-electron chi connectivity index (χ1n) is 9.21. The lowest BCUT2D eigenvalue weighted by Crippen LogP contribution is -2.19. The molecule has 2 aromatic carbocycles. The van der Waals surface area contributed by atoms with E-state index in [0.29, 0.717) is 28.6 Å². The third kappa shape index (κ3) is 5.08. The number of nitrogens with zero attached hydrogens (tertiary/aromatic N) is 3. The Morgan fingerprint density at radius 3 is 2.80 bits per heavy atom. The summed E-state index contributed by atoms with van der Waals surface area (Å²) in [6.07, 6.45) is 0.121. The van der Waals surface area contributed by atoms with Crippen LogP contribution in [0.1, 0.15) is 6.42 Å².